The lowest BCUT2D eigenvalue weighted by Crippen LogP contribution is -2.52. The summed E-state index contributed by atoms with van der Waals surface area (Å²) in [5, 5.41) is -0.0706. The van der Waals surface area contributed by atoms with Gasteiger partial charge in [-0.25, -0.2) is 13.8 Å². The maximum atomic E-state index is 16.6. The monoisotopic (exact) mass is 669 g/mol. The van der Waals surface area contributed by atoms with Crippen LogP contribution in [0.15, 0.2) is 24.3 Å². The number of likely N-dealkylation sites (N-methyl/N-ethyl adjacent to an activating group) is 1. The fraction of sp³-hybridized carbons (Fsp3) is 0.516. The summed E-state index contributed by atoms with van der Waals surface area (Å²) in [6, 6.07) is 2.34. The summed E-state index contributed by atoms with van der Waals surface area (Å²) >= 11 is 6.58. The second-order valence-corrected chi connectivity index (χ2v) is 12.1. The Labute approximate surface area is 269 Å². The number of halogens is 6. The maximum Gasteiger partial charge on any atom is 0.418 e. The minimum absolute atomic E-state index is 0.0969. The third kappa shape index (κ3) is 7.29. The zero-order valence-electron chi connectivity index (χ0n) is 25.9. The van der Waals surface area contributed by atoms with E-state index in [-0.39, 0.29) is 58.6 Å². The largest absolute Gasteiger partial charge is 0.462 e. The van der Waals surface area contributed by atoms with Crippen LogP contribution in [-0.4, -0.2) is 96.7 Å². The highest BCUT2D eigenvalue weighted by atomic mass is 35.5. The molecule has 250 valence electrons. The molecule has 0 bridgehead atoms. The first kappa shape index (κ1) is 34.0. The predicted molar refractivity (Wildman–Crippen MR) is 167 cm³/mol. The number of aryl methyl sites for hydroxylation is 1. The van der Waals surface area contributed by atoms with Crippen LogP contribution in [0, 0.1) is 12.7 Å². The van der Waals surface area contributed by atoms with E-state index in [1.807, 2.05) is 18.9 Å². The van der Waals surface area contributed by atoms with Crippen LogP contribution in [0.3, 0.4) is 0 Å². The summed E-state index contributed by atoms with van der Waals surface area (Å²) < 4.78 is 83.2. The lowest BCUT2D eigenvalue weighted by molar-refractivity contribution is -0.137. The van der Waals surface area contributed by atoms with Gasteiger partial charge < -0.3 is 25.0 Å². The van der Waals surface area contributed by atoms with Crippen molar-refractivity contribution in [3.63, 3.8) is 0 Å². The van der Waals surface area contributed by atoms with Crippen LogP contribution in [0.4, 0.5) is 33.6 Å². The topological polar surface area (TPSA) is 92.9 Å². The summed E-state index contributed by atoms with van der Waals surface area (Å²) in [5.41, 5.74) is 2.96. The lowest BCUT2D eigenvalue weighted by atomic mass is 9.99. The number of likely N-dealkylation sites (tertiary alicyclic amines) is 1. The SMILES string of the molecule is Cc1cc(N)nc(-c2c(Cl)cc3c(N4CCN(COC/C=C/CF)C[C@@H]4C)nc(OC[C@@H]4CCCN4C)nc3c2F)c1C(F)(F)F. The number of allylic oxidation sites excluding steroid dienone is 1. The summed E-state index contributed by atoms with van der Waals surface area (Å²) in [7, 11) is 1.99. The molecule has 0 radical (unpaired) electrons. The van der Waals surface area contributed by atoms with E-state index in [4.69, 9.17) is 31.8 Å². The summed E-state index contributed by atoms with van der Waals surface area (Å²) in [5.74, 6) is -0.949. The van der Waals surface area contributed by atoms with Crippen molar-refractivity contribution in [1.29, 1.82) is 0 Å². The second-order valence-electron chi connectivity index (χ2n) is 11.7. The molecule has 3 aromatic rings. The van der Waals surface area contributed by atoms with Gasteiger partial charge >= 0.3 is 12.2 Å². The van der Waals surface area contributed by atoms with E-state index < -0.39 is 35.5 Å². The molecule has 0 aliphatic carbocycles. The smallest absolute Gasteiger partial charge is 0.418 e. The van der Waals surface area contributed by atoms with Gasteiger partial charge in [-0.1, -0.05) is 23.8 Å². The number of pyridine rings is 1. The number of hydrogen-bond donors (Lipinski definition) is 1. The Morgan fingerprint density at radius 1 is 1.13 bits per heavy atom. The summed E-state index contributed by atoms with van der Waals surface area (Å²) in [6.07, 6.45) is 0.0652. The minimum atomic E-state index is -4.86. The Morgan fingerprint density at radius 2 is 1.91 bits per heavy atom. The van der Waals surface area contributed by atoms with Crippen molar-refractivity contribution in [2.45, 2.75) is 44.9 Å². The number of alkyl halides is 4. The third-order valence-electron chi connectivity index (χ3n) is 8.40. The molecule has 2 aromatic heterocycles. The number of piperazine rings is 1. The van der Waals surface area contributed by atoms with Crippen molar-refractivity contribution in [2.24, 2.45) is 0 Å². The molecule has 46 heavy (non-hydrogen) atoms. The molecule has 2 saturated heterocycles. The fourth-order valence-corrected chi connectivity index (χ4v) is 6.39. The van der Waals surface area contributed by atoms with Gasteiger partial charge in [0.25, 0.3) is 0 Å². The van der Waals surface area contributed by atoms with Crippen LogP contribution < -0.4 is 15.4 Å². The van der Waals surface area contributed by atoms with E-state index in [0.29, 0.717) is 32.2 Å². The zero-order chi connectivity index (χ0) is 33.2. The van der Waals surface area contributed by atoms with Gasteiger partial charge in [0, 0.05) is 37.1 Å². The molecule has 0 amide bonds. The van der Waals surface area contributed by atoms with E-state index in [9.17, 15) is 17.6 Å². The first-order chi connectivity index (χ1) is 21.9. The average Bonchev–Trinajstić information content (AvgIpc) is 3.39. The summed E-state index contributed by atoms with van der Waals surface area (Å²) in [6.45, 7) is 6.05. The predicted octanol–water partition coefficient (Wildman–Crippen LogP) is 5.88. The Hall–Kier alpha value is -3.33. The van der Waals surface area contributed by atoms with Gasteiger partial charge in [-0.2, -0.15) is 23.1 Å². The average molecular weight is 670 g/mol. The number of nitrogen functional groups attached to an aromatic ring is 1. The zero-order valence-corrected chi connectivity index (χ0v) is 26.6. The first-order valence-corrected chi connectivity index (χ1v) is 15.4. The Kier molecular flexibility index (Phi) is 10.5. The van der Waals surface area contributed by atoms with E-state index in [2.05, 4.69) is 19.8 Å². The van der Waals surface area contributed by atoms with Crippen molar-refractivity contribution in [1.82, 2.24) is 24.8 Å². The highest BCUT2D eigenvalue weighted by Gasteiger charge is 2.39. The fourth-order valence-electron chi connectivity index (χ4n) is 6.10. The lowest BCUT2D eigenvalue weighted by Gasteiger charge is -2.40. The van der Waals surface area contributed by atoms with E-state index in [0.717, 1.165) is 25.5 Å². The molecule has 2 aliphatic heterocycles. The molecule has 9 nitrogen and oxygen atoms in total. The van der Waals surface area contributed by atoms with Gasteiger partial charge in [0.1, 0.15) is 30.4 Å². The molecule has 0 unspecified atom stereocenters. The standard InChI is InChI=1S/C31H37ClF5N7O2/c1-18-13-23(38)39-28(25(18)31(35,36)37)24-22(32)14-21-27(26(24)34)40-30(46-16-20-7-6-9-42(20)3)41-29(21)44-11-10-43(15-19(44)2)17-45-12-5-4-8-33/h4-5,13-14,19-20H,6-12,15-17H2,1-3H3,(H2,38,39)/b5-4+/t19-,20-/m0/s1. The van der Waals surface area contributed by atoms with Gasteiger partial charge in [0.15, 0.2) is 5.82 Å². The Bertz CT molecular complexity index is 1590. The van der Waals surface area contributed by atoms with Crippen LogP contribution >= 0.6 is 11.6 Å². The van der Waals surface area contributed by atoms with Gasteiger partial charge in [-0.15, -0.1) is 0 Å². The van der Waals surface area contributed by atoms with Crippen LogP contribution in [0.5, 0.6) is 6.01 Å². The van der Waals surface area contributed by atoms with Crippen molar-refractivity contribution in [3.8, 4) is 17.3 Å². The molecule has 0 saturated carbocycles. The number of anilines is 2. The number of hydrogen-bond acceptors (Lipinski definition) is 9. The minimum Gasteiger partial charge on any atom is -0.462 e. The molecule has 2 aliphatic rings. The molecule has 15 heteroatoms. The number of aromatic nitrogens is 3. The van der Waals surface area contributed by atoms with Gasteiger partial charge in [-0.3, -0.25) is 4.90 Å². The highest BCUT2D eigenvalue weighted by molar-refractivity contribution is 6.34. The van der Waals surface area contributed by atoms with Crippen molar-refractivity contribution < 1.29 is 31.4 Å². The molecule has 2 atom stereocenters. The van der Waals surface area contributed by atoms with E-state index in [1.165, 1.54) is 19.1 Å². The van der Waals surface area contributed by atoms with Crippen LogP contribution in [0.1, 0.15) is 30.9 Å². The van der Waals surface area contributed by atoms with Crippen molar-refractivity contribution in [3.05, 3.63) is 46.3 Å². The van der Waals surface area contributed by atoms with Gasteiger partial charge in [0.05, 0.1) is 35.2 Å². The number of rotatable bonds is 10. The number of ether oxygens (including phenoxy) is 2. The van der Waals surface area contributed by atoms with Gasteiger partial charge in [-0.05, 0) is 58.0 Å². The summed E-state index contributed by atoms with van der Waals surface area (Å²) in [4.78, 5) is 19.2. The quantitative estimate of drug-likeness (QED) is 0.162. The molecule has 4 heterocycles. The molecular formula is C31H37ClF5N7O2. The van der Waals surface area contributed by atoms with Crippen LogP contribution in [-0.2, 0) is 10.9 Å². The molecule has 2 fully saturated rings. The van der Waals surface area contributed by atoms with Crippen LogP contribution in [0.25, 0.3) is 22.2 Å². The Morgan fingerprint density at radius 3 is 2.59 bits per heavy atom. The molecule has 2 N–H and O–H groups in total. The highest BCUT2D eigenvalue weighted by Crippen LogP contribution is 2.44. The normalized spacial score (nSPS) is 20.0. The maximum absolute atomic E-state index is 16.6. The molecule has 0 spiro atoms. The molecule has 5 rings (SSSR count). The second kappa shape index (κ2) is 14.2. The van der Waals surface area contributed by atoms with Crippen molar-refractivity contribution >= 4 is 34.1 Å². The number of nitrogens with zero attached hydrogens (tertiary/aromatic N) is 6. The molecule has 1 aromatic carbocycles. The number of fused-ring (bicyclic) bond motifs is 1. The van der Waals surface area contributed by atoms with Gasteiger partial charge in [0.2, 0.25) is 0 Å². The first-order valence-electron chi connectivity index (χ1n) is 15.0. The number of nitrogens with two attached hydrogens (primary N) is 1. The van der Waals surface area contributed by atoms with Crippen LogP contribution in [0.2, 0.25) is 5.02 Å². The Balaban J connectivity index is 1.57. The van der Waals surface area contributed by atoms with E-state index in [1.54, 1.807) is 6.08 Å². The van der Waals surface area contributed by atoms with Crippen molar-refractivity contribution in [2.75, 3.05) is 70.5 Å². The van der Waals surface area contributed by atoms with E-state index >= 15 is 4.39 Å². The molecular weight excluding hydrogens is 633 g/mol. The third-order valence-corrected chi connectivity index (χ3v) is 8.70. The number of benzene rings is 1.